The highest BCUT2D eigenvalue weighted by atomic mass is 19.1. The second-order valence-electron chi connectivity index (χ2n) is 4.44. The quantitative estimate of drug-likeness (QED) is 0.814. The first kappa shape index (κ1) is 12.7. The molecule has 1 saturated heterocycles. The predicted octanol–water partition coefficient (Wildman–Crippen LogP) is 1.04. The summed E-state index contributed by atoms with van der Waals surface area (Å²) in [5, 5.41) is 0. The van der Waals surface area contributed by atoms with E-state index in [2.05, 4.69) is 4.98 Å². The molecule has 5 heteroatoms. The van der Waals surface area contributed by atoms with Gasteiger partial charge in [0.1, 0.15) is 5.82 Å². The normalized spacial score (nSPS) is 19.7. The van der Waals surface area contributed by atoms with Gasteiger partial charge >= 0.3 is 0 Å². The average molecular weight is 249 g/mol. The third kappa shape index (κ3) is 3.13. The Hall–Kier alpha value is -1.75. The van der Waals surface area contributed by atoms with Crippen molar-refractivity contribution in [2.45, 2.75) is 6.42 Å². The van der Waals surface area contributed by atoms with E-state index in [0.717, 1.165) is 19.2 Å². The third-order valence-corrected chi connectivity index (χ3v) is 3.08. The zero-order valence-corrected chi connectivity index (χ0v) is 10.1. The minimum absolute atomic E-state index is 0.0600. The van der Waals surface area contributed by atoms with Gasteiger partial charge in [0, 0.05) is 25.4 Å². The van der Waals surface area contributed by atoms with E-state index in [4.69, 9.17) is 5.73 Å². The smallest absolute Gasteiger partial charge is 0.246 e. The van der Waals surface area contributed by atoms with Gasteiger partial charge in [0.15, 0.2) is 0 Å². The lowest BCUT2D eigenvalue weighted by molar-refractivity contribution is -0.125. The van der Waals surface area contributed by atoms with Gasteiger partial charge in [0.2, 0.25) is 5.91 Å². The lowest BCUT2D eigenvalue weighted by Crippen LogP contribution is -2.28. The number of hydrogen-bond acceptors (Lipinski definition) is 3. The van der Waals surface area contributed by atoms with Crippen molar-refractivity contribution in [2.24, 2.45) is 11.7 Å². The maximum Gasteiger partial charge on any atom is 0.246 e. The molecule has 0 aromatic carbocycles. The van der Waals surface area contributed by atoms with Crippen molar-refractivity contribution in [1.29, 1.82) is 0 Å². The Kier molecular flexibility index (Phi) is 4.04. The maximum atomic E-state index is 12.9. The van der Waals surface area contributed by atoms with Crippen molar-refractivity contribution in [1.82, 2.24) is 9.88 Å². The van der Waals surface area contributed by atoms with E-state index in [0.29, 0.717) is 24.6 Å². The van der Waals surface area contributed by atoms with Crippen molar-refractivity contribution in [3.8, 4) is 0 Å². The molecule has 1 aromatic rings. The summed E-state index contributed by atoms with van der Waals surface area (Å²) in [6.45, 7) is 2.06. The molecule has 18 heavy (non-hydrogen) atoms. The van der Waals surface area contributed by atoms with Gasteiger partial charge in [-0.2, -0.15) is 0 Å². The predicted molar refractivity (Wildman–Crippen MR) is 67.0 cm³/mol. The number of nitrogens with two attached hydrogens (primary N) is 1. The van der Waals surface area contributed by atoms with Gasteiger partial charge in [-0.15, -0.1) is 0 Å². The van der Waals surface area contributed by atoms with Crippen LogP contribution in [0, 0.1) is 11.7 Å². The van der Waals surface area contributed by atoms with Crippen LogP contribution in [0.1, 0.15) is 12.0 Å². The first-order chi connectivity index (χ1) is 8.69. The van der Waals surface area contributed by atoms with Crippen LogP contribution in [0.25, 0.3) is 6.08 Å². The monoisotopic (exact) mass is 249 g/mol. The highest BCUT2D eigenvalue weighted by Gasteiger charge is 2.23. The Morgan fingerprint density at radius 2 is 2.44 bits per heavy atom. The number of rotatable bonds is 3. The van der Waals surface area contributed by atoms with E-state index in [1.54, 1.807) is 11.0 Å². The fourth-order valence-electron chi connectivity index (χ4n) is 2.02. The third-order valence-electron chi connectivity index (χ3n) is 3.08. The van der Waals surface area contributed by atoms with Crippen LogP contribution >= 0.6 is 0 Å². The molecule has 2 heterocycles. The van der Waals surface area contributed by atoms with E-state index in [9.17, 15) is 9.18 Å². The highest BCUT2D eigenvalue weighted by molar-refractivity contribution is 5.91. The molecule has 0 aliphatic carbocycles. The number of likely N-dealkylation sites (tertiary alicyclic amines) is 1. The molecular formula is C13H16FN3O. The second kappa shape index (κ2) is 5.73. The summed E-state index contributed by atoms with van der Waals surface area (Å²) in [6.07, 6.45) is 6.63. The van der Waals surface area contributed by atoms with Gasteiger partial charge in [-0.05, 0) is 36.6 Å². The molecule has 0 bridgehead atoms. The van der Waals surface area contributed by atoms with Crippen LogP contribution in [0.3, 0.4) is 0 Å². The first-order valence-electron chi connectivity index (χ1n) is 5.96. The van der Waals surface area contributed by atoms with Crippen molar-refractivity contribution in [2.75, 3.05) is 19.6 Å². The molecular weight excluding hydrogens is 233 g/mol. The summed E-state index contributed by atoms with van der Waals surface area (Å²) < 4.78 is 12.9. The Morgan fingerprint density at radius 1 is 1.61 bits per heavy atom. The minimum Gasteiger partial charge on any atom is -0.339 e. The molecule has 1 aliphatic rings. The van der Waals surface area contributed by atoms with Crippen molar-refractivity contribution >= 4 is 12.0 Å². The number of carbonyl (C=O) groups is 1. The molecule has 0 spiro atoms. The summed E-state index contributed by atoms with van der Waals surface area (Å²) in [6, 6.07) is 1.34. The number of hydrogen-bond donors (Lipinski definition) is 1. The number of amides is 1. The summed E-state index contributed by atoms with van der Waals surface area (Å²) in [4.78, 5) is 17.3. The van der Waals surface area contributed by atoms with E-state index >= 15 is 0 Å². The van der Waals surface area contributed by atoms with Crippen LogP contribution in [-0.4, -0.2) is 35.4 Å². The fraction of sp³-hybridized carbons (Fsp3) is 0.385. The van der Waals surface area contributed by atoms with E-state index in [1.165, 1.54) is 18.3 Å². The summed E-state index contributed by atoms with van der Waals surface area (Å²) in [5.74, 6) is -0.0673. The van der Waals surface area contributed by atoms with Crippen LogP contribution in [0.2, 0.25) is 0 Å². The number of halogens is 1. The Labute approximate surface area is 105 Å². The molecule has 0 saturated carbocycles. The Morgan fingerprint density at radius 3 is 3.11 bits per heavy atom. The standard InChI is InChI=1S/C13H16FN3O/c14-12-5-10(7-16-8-12)1-2-13(18)17-4-3-11(6-15)9-17/h1-2,5,7-8,11H,3-4,6,9,15H2/b2-1+. The van der Waals surface area contributed by atoms with Crippen LogP contribution in [-0.2, 0) is 4.79 Å². The largest absolute Gasteiger partial charge is 0.339 e. The average Bonchev–Trinajstić information content (AvgIpc) is 2.85. The lowest BCUT2D eigenvalue weighted by Gasteiger charge is -2.13. The zero-order valence-electron chi connectivity index (χ0n) is 10.1. The minimum atomic E-state index is -0.408. The molecule has 1 amide bonds. The summed E-state index contributed by atoms with van der Waals surface area (Å²) in [5.41, 5.74) is 6.15. The second-order valence-corrected chi connectivity index (χ2v) is 4.44. The fourth-order valence-corrected chi connectivity index (χ4v) is 2.02. The van der Waals surface area contributed by atoms with Gasteiger partial charge in [-0.1, -0.05) is 0 Å². The molecule has 1 unspecified atom stereocenters. The van der Waals surface area contributed by atoms with E-state index < -0.39 is 5.82 Å². The molecule has 1 aliphatic heterocycles. The highest BCUT2D eigenvalue weighted by Crippen LogP contribution is 2.15. The van der Waals surface area contributed by atoms with Gasteiger partial charge in [0.25, 0.3) is 0 Å². The van der Waals surface area contributed by atoms with E-state index in [-0.39, 0.29) is 5.91 Å². The summed E-state index contributed by atoms with van der Waals surface area (Å²) in [7, 11) is 0. The molecule has 1 atom stereocenters. The molecule has 96 valence electrons. The van der Waals surface area contributed by atoms with Crippen molar-refractivity contribution in [3.63, 3.8) is 0 Å². The van der Waals surface area contributed by atoms with Crippen LogP contribution in [0.5, 0.6) is 0 Å². The van der Waals surface area contributed by atoms with Gasteiger partial charge < -0.3 is 10.6 Å². The zero-order chi connectivity index (χ0) is 13.0. The van der Waals surface area contributed by atoms with Gasteiger partial charge in [-0.25, -0.2) is 4.39 Å². The Bertz CT molecular complexity index is 461. The summed E-state index contributed by atoms with van der Waals surface area (Å²) >= 11 is 0. The van der Waals surface area contributed by atoms with Crippen LogP contribution in [0.15, 0.2) is 24.5 Å². The molecule has 1 fully saturated rings. The van der Waals surface area contributed by atoms with Crippen LogP contribution < -0.4 is 5.73 Å². The van der Waals surface area contributed by atoms with Crippen LogP contribution in [0.4, 0.5) is 4.39 Å². The molecule has 2 N–H and O–H groups in total. The maximum absolute atomic E-state index is 12.9. The number of nitrogens with zero attached hydrogens (tertiary/aromatic N) is 2. The molecule has 4 nitrogen and oxygen atoms in total. The lowest BCUT2D eigenvalue weighted by atomic mass is 10.1. The SMILES string of the molecule is NCC1CCN(C(=O)/C=C/c2cncc(F)c2)C1. The number of carbonyl (C=O) groups excluding carboxylic acids is 1. The first-order valence-corrected chi connectivity index (χ1v) is 5.96. The van der Waals surface area contributed by atoms with Crippen molar-refractivity contribution < 1.29 is 9.18 Å². The molecule has 1 aromatic heterocycles. The van der Waals surface area contributed by atoms with Gasteiger partial charge in [0.05, 0.1) is 6.20 Å². The van der Waals surface area contributed by atoms with E-state index in [1.807, 2.05) is 0 Å². The van der Waals surface area contributed by atoms with Crippen molar-refractivity contribution in [3.05, 3.63) is 35.9 Å². The molecule has 2 rings (SSSR count). The topological polar surface area (TPSA) is 59.2 Å². The number of pyridine rings is 1. The Balaban J connectivity index is 1.95. The number of aromatic nitrogens is 1. The molecule has 0 radical (unpaired) electrons. The van der Waals surface area contributed by atoms with Gasteiger partial charge in [-0.3, -0.25) is 9.78 Å².